The van der Waals surface area contributed by atoms with Crippen molar-refractivity contribution in [3.63, 3.8) is 0 Å². The number of nitrogens with one attached hydrogen (secondary N) is 1. The van der Waals surface area contributed by atoms with E-state index in [0.717, 1.165) is 27.0 Å². The molecule has 1 aliphatic rings. The van der Waals surface area contributed by atoms with E-state index in [-0.39, 0.29) is 5.91 Å². The van der Waals surface area contributed by atoms with Gasteiger partial charge in [-0.05, 0) is 65.9 Å². The number of halogens is 1. The minimum absolute atomic E-state index is 0.181. The second-order valence-electron chi connectivity index (χ2n) is 6.63. The lowest BCUT2D eigenvalue weighted by atomic mass is 10.2. The van der Waals surface area contributed by atoms with Gasteiger partial charge in [-0.15, -0.1) is 0 Å². The topological polar surface area (TPSA) is 59.9 Å². The molecule has 0 unspecified atom stereocenters. The van der Waals surface area contributed by atoms with Crippen molar-refractivity contribution in [2.45, 2.75) is 6.61 Å². The summed E-state index contributed by atoms with van der Waals surface area (Å²) >= 11 is 4.74. The maximum Gasteiger partial charge on any atom is 0.264 e. The van der Waals surface area contributed by atoms with Gasteiger partial charge in [0.25, 0.3) is 5.91 Å². The average molecular weight is 495 g/mol. The molecule has 1 fully saturated rings. The van der Waals surface area contributed by atoms with Crippen LogP contribution >= 0.6 is 27.7 Å². The number of ether oxygens (including phenoxy) is 2. The van der Waals surface area contributed by atoms with Gasteiger partial charge in [0.15, 0.2) is 5.17 Å². The van der Waals surface area contributed by atoms with Crippen LogP contribution in [0.5, 0.6) is 11.5 Å². The van der Waals surface area contributed by atoms with Crippen LogP contribution in [0.2, 0.25) is 0 Å². The second kappa shape index (κ2) is 9.85. The lowest BCUT2D eigenvalue weighted by Crippen LogP contribution is -2.19. The number of para-hydroxylation sites is 1. The molecule has 3 aromatic carbocycles. The summed E-state index contributed by atoms with van der Waals surface area (Å²) in [6, 6.07) is 23.0. The van der Waals surface area contributed by atoms with E-state index in [2.05, 4.69) is 26.2 Å². The Bertz CT molecular complexity index is 1140. The normalized spacial score (nSPS) is 15.9. The molecule has 156 valence electrons. The Morgan fingerprint density at radius 1 is 1.03 bits per heavy atom. The first-order valence-electron chi connectivity index (χ1n) is 9.50. The fraction of sp³-hybridized carbons (Fsp3) is 0.0833. The van der Waals surface area contributed by atoms with Gasteiger partial charge in [-0.3, -0.25) is 4.79 Å². The van der Waals surface area contributed by atoms with E-state index < -0.39 is 0 Å². The van der Waals surface area contributed by atoms with Crippen LogP contribution in [0, 0.1) is 0 Å². The highest BCUT2D eigenvalue weighted by atomic mass is 79.9. The van der Waals surface area contributed by atoms with Crippen molar-refractivity contribution < 1.29 is 14.3 Å². The van der Waals surface area contributed by atoms with Gasteiger partial charge < -0.3 is 14.8 Å². The highest BCUT2D eigenvalue weighted by Crippen LogP contribution is 2.31. The number of thioether (sulfide) groups is 1. The fourth-order valence-corrected chi connectivity index (χ4v) is 3.97. The Morgan fingerprint density at radius 2 is 1.77 bits per heavy atom. The van der Waals surface area contributed by atoms with E-state index in [4.69, 9.17) is 9.47 Å². The van der Waals surface area contributed by atoms with E-state index in [1.54, 1.807) is 7.11 Å². The molecular formula is C24H19BrN2O3S. The molecular weight excluding hydrogens is 476 g/mol. The molecule has 7 heteroatoms. The number of amides is 1. The Hall–Kier alpha value is -3.03. The van der Waals surface area contributed by atoms with E-state index in [9.17, 15) is 4.79 Å². The number of methoxy groups -OCH3 is 1. The van der Waals surface area contributed by atoms with E-state index in [1.165, 1.54) is 11.8 Å². The smallest absolute Gasteiger partial charge is 0.264 e. The number of carbonyl (C=O) groups is 1. The third kappa shape index (κ3) is 5.57. The van der Waals surface area contributed by atoms with Gasteiger partial charge in [0.2, 0.25) is 0 Å². The van der Waals surface area contributed by atoms with Gasteiger partial charge in [0.1, 0.15) is 18.1 Å². The summed E-state index contributed by atoms with van der Waals surface area (Å²) in [6.07, 6.45) is 1.83. The minimum atomic E-state index is -0.181. The van der Waals surface area contributed by atoms with Crippen LogP contribution < -0.4 is 14.8 Å². The number of hydrogen-bond donors (Lipinski definition) is 1. The highest BCUT2D eigenvalue weighted by molar-refractivity contribution is 9.10. The van der Waals surface area contributed by atoms with Gasteiger partial charge in [-0.25, -0.2) is 4.99 Å². The molecule has 0 saturated carbocycles. The number of aliphatic imine (C=N–C) groups is 1. The van der Waals surface area contributed by atoms with E-state index >= 15 is 0 Å². The predicted octanol–water partition coefficient (Wildman–Crippen LogP) is 5.93. The Kier molecular flexibility index (Phi) is 6.74. The Morgan fingerprint density at radius 3 is 2.52 bits per heavy atom. The first kappa shape index (κ1) is 21.2. The zero-order valence-electron chi connectivity index (χ0n) is 16.7. The molecule has 0 bridgehead atoms. The number of carbonyl (C=O) groups excluding carboxylic acids is 1. The molecule has 1 aliphatic heterocycles. The fourth-order valence-electron chi connectivity index (χ4n) is 2.87. The summed E-state index contributed by atoms with van der Waals surface area (Å²) in [4.78, 5) is 17.5. The van der Waals surface area contributed by atoms with Gasteiger partial charge in [0, 0.05) is 10.0 Å². The quantitative estimate of drug-likeness (QED) is 0.431. The molecule has 1 N–H and O–H groups in total. The van der Waals surface area contributed by atoms with Crippen LogP contribution in [-0.2, 0) is 11.4 Å². The third-order valence-corrected chi connectivity index (χ3v) is 5.91. The van der Waals surface area contributed by atoms with Crippen molar-refractivity contribution in [2.75, 3.05) is 7.11 Å². The largest absolute Gasteiger partial charge is 0.497 e. The number of benzene rings is 3. The lowest BCUT2D eigenvalue weighted by Gasteiger charge is -2.09. The van der Waals surface area contributed by atoms with Crippen molar-refractivity contribution >= 4 is 50.5 Å². The number of nitrogens with zero attached hydrogens (tertiary/aromatic N) is 1. The van der Waals surface area contributed by atoms with Crippen LogP contribution in [0.1, 0.15) is 11.1 Å². The molecule has 3 aromatic rings. The summed E-state index contributed by atoms with van der Waals surface area (Å²) in [5.74, 6) is 1.29. The zero-order chi connectivity index (χ0) is 21.6. The van der Waals surface area contributed by atoms with Crippen molar-refractivity contribution in [3.05, 3.63) is 93.3 Å². The first-order valence-corrected chi connectivity index (χ1v) is 11.1. The van der Waals surface area contributed by atoms with Gasteiger partial charge in [-0.2, -0.15) is 0 Å². The van der Waals surface area contributed by atoms with Crippen LogP contribution in [0.3, 0.4) is 0 Å². The van der Waals surface area contributed by atoms with Gasteiger partial charge in [-0.1, -0.05) is 46.3 Å². The first-order chi connectivity index (χ1) is 15.1. The van der Waals surface area contributed by atoms with E-state index in [1.807, 2.05) is 78.9 Å². The molecule has 0 atom stereocenters. The molecule has 4 rings (SSSR count). The highest BCUT2D eigenvalue weighted by Gasteiger charge is 2.24. The van der Waals surface area contributed by atoms with Crippen molar-refractivity contribution in [1.82, 2.24) is 5.32 Å². The molecule has 0 aliphatic carbocycles. The average Bonchev–Trinajstić information content (AvgIpc) is 3.13. The summed E-state index contributed by atoms with van der Waals surface area (Å²) < 4.78 is 12.2. The molecule has 1 amide bonds. The SMILES string of the molecule is COc1ccc(N=C2NC(=O)/C(=C\c3ccccc3OCc3ccc(Br)cc3)S2)cc1. The second-order valence-corrected chi connectivity index (χ2v) is 8.58. The molecule has 0 aromatic heterocycles. The molecule has 1 heterocycles. The standard InChI is InChI=1S/C24H19BrN2O3S/c1-29-20-12-10-19(11-13-20)26-24-27-23(28)22(31-24)14-17-4-2-3-5-21(17)30-15-16-6-8-18(25)9-7-16/h2-14H,15H2,1H3,(H,26,27,28)/b22-14+. The van der Waals surface area contributed by atoms with Crippen LogP contribution in [0.15, 0.2) is 87.2 Å². The van der Waals surface area contributed by atoms with Crippen molar-refractivity contribution in [1.29, 1.82) is 0 Å². The summed E-state index contributed by atoms with van der Waals surface area (Å²) in [6.45, 7) is 0.441. The number of amidine groups is 1. The zero-order valence-corrected chi connectivity index (χ0v) is 19.1. The molecule has 0 spiro atoms. The van der Waals surface area contributed by atoms with Gasteiger partial charge in [0.05, 0.1) is 17.7 Å². The summed E-state index contributed by atoms with van der Waals surface area (Å²) in [5, 5.41) is 3.35. The summed E-state index contributed by atoms with van der Waals surface area (Å²) in [7, 11) is 1.62. The molecule has 31 heavy (non-hydrogen) atoms. The maximum absolute atomic E-state index is 12.5. The van der Waals surface area contributed by atoms with Crippen molar-refractivity contribution in [3.8, 4) is 11.5 Å². The number of rotatable bonds is 6. The molecule has 1 saturated heterocycles. The molecule has 5 nitrogen and oxygen atoms in total. The van der Waals surface area contributed by atoms with Crippen LogP contribution in [-0.4, -0.2) is 18.2 Å². The lowest BCUT2D eigenvalue weighted by molar-refractivity contribution is -0.115. The van der Waals surface area contributed by atoms with E-state index in [0.29, 0.717) is 22.4 Å². The predicted molar refractivity (Wildman–Crippen MR) is 129 cm³/mol. The Labute approximate surface area is 193 Å². The summed E-state index contributed by atoms with van der Waals surface area (Å²) in [5.41, 5.74) is 2.64. The van der Waals surface area contributed by atoms with Crippen LogP contribution in [0.25, 0.3) is 6.08 Å². The molecule has 0 radical (unpaired) electrons. The van der Waals surface area contributed by atoms with Crippen LogP contribution in [0.4, 0.5) is 5.69 Å². The minimum Gasteiger partial charge on any atom is -0.497 e. The third-order valence-electron chi connectivity index (χ3n) is 4.47. The maximum atomic E-state index is 12.5. The monoisotopic (exact) mass is 494 g/mol. The van der Waals surface area contributed by atoms with Gasteiger partial charge >= 0.3 is 0 Å². The number of hydrogen-bond acceptors (Lipinski definition) is 5. The van der Waals surface area contributed by atoms with Crippen molar-refractivity contribution in [2.24, 2.45) is 4.99 Å². The Balaban J connectivity index is 1.49.